The van der Waals surface area contributed by atoms with Crippen molar-refractivity contribution in [2.24, 2.45) is 5.73 Å². The van der Waals surface area contributed by atoms with Crippen molar-refractivity contribution in [2.45, 2.75) is 49.8 Å². The molecule has 1 saturated heterocycles. The molecule has 1 heterocycles. The minimum atomic E-state index is -4.98. The lowest BCUT2D eigenvalue weighted by Gasteiger charge is -2.41. The van der Waals surface area contributed by atoms with Crippen molar-refractivity contribution in [1.82, 2.24) is 0 Å². The molecule has 24 heavy (non-hydrogen) atoms. The highest BCUT2D eigenvalue weighted by Crippen LogP contribution is 2.25. The maximum atomic E-state index is 10.8. The first kappa shape index (κ1) is 21.4. The average Bonchev–Trinajstić information content (AvgIpc) is 2.49. The Balaban J connectivity index is 2.79. The molecule has 142 valence electrons. The van der Waals surface area contributed by atoms with E-state index < -0.39 is 59.9 Å². The van der Waals surface area contributed by atoms with Gasteiger partial charge in [0.25, 0.3) is 0 Å². The van der Waals surface area contributed by atoms with Crippen molar-refractivity contribution in [3.8, 4) is 0 Å². The molecule has 1 fully saturated rings. The van der Waals surface area contributed by atoms with Crippen LogP contribution in [0.5, 0.6) is 0 Å². The number of ether oxygens (including phenoxy) is 2. The van der Waals surface area contributed by atoms with E-state index >= 15 is 0 Å². The first-order valence-electron chi connectivity index (χ1n) is 7.07. The molecule has 0 amide bonds. The van der Waals surface area contributed by atoms with Crippen molar-refractivity contribution in [2.75, 3.05) is 13.2 Å². The third-order valence-corrected chi connectivity index (χ3v) is 3.80. The van der Waals surface area contributed by atoms with E-state index in [4.69, 9.17) is 24.9 Å². The van der Waals surface area contributed by atoms with Crippen LogP contribution >= 0.6 is 0 Å². The van der Waals surface area contributed by atoms with Crippen LogP contribution < -0.4 is 5.73 Å². The van der Waals surface area contributed by atoms with Crippen LogP contribution in [0.3, 0.4) is 0 Å². The van der Waals surface area contributed by atoms with Crippen LogP contribution in [0.4, 0.5) is 0 Å². The van der Waals surface area contributed by atoms with Gasteiger partial charge in [-0.1, -0.05) is 12.2 Å². The fraction of sp³-hybridized carbons (Fsp3) is 0.833. The molecule has 0 radical (unpaired) electrons. The molecule has 0 saturated carbocycles. The molecular weight excluding hydrogens is 350 g/mol. The molecule has 0 aromatic carbocycles. The zero-order chi connectivity index (χ0) is 18.5. The Labute approximate surface area is 139 Å². The quantitative estimate of drug-likeness (QED) is 0.187. The largest absolute Gasteiger partial charge is 0.397 e. The third kappa shape index (κ3) is 6.00. The Morgan fingerprint density at radius 2 is 1.96 bits per heavy atom. The van der Waals surface area contributed by atoms with Gasteiger partial charge < -0.3 is 35.6 Å². The van der Waals surface area contributed by atoms with Crippen LogP contribution in [-0.2, 0) is 24.1 Å². The molecule has 1 aliphatic rings. The molecule has 0 bridgehead atoms. The van der Waals surface area contributed by atoms with Gasteiger partial charge in [-0.25, -0.2) is 4.18 Å². The summed E-state index contributed by atoms with van der Waals surface area (Å²) in [6.45, 7) is 0.654. The van der Waals surface area contributed by atoms with E-state index in [-0.39, 0.29) is 6.61 Å². The molecule has 0 unspecified atom stereocenters. The normalized spacial score (nSPS) is 34.4. The van der Waals surface area contributed by atoms with Crippen LogP contribution in [0.1, 0.15) is 6.92 Å². The Hall–Kier alpha value is -0.670. The second kappa shape index (κ2) is 9.15. The van der Waals surface area contributed by atoms with Crippen LogP contribution in [0.2, 0.25) is 0 Å². The zero-order valence-electron chi connectivity index (χ0n) is 12.9. The lowest BCUT2D eigenvalue weighted by Crippen LogP contribution is -2.61. The van der Waals surface area contributed by atoms with Gasteiger partial charge in [-0.05, 0) is 6.92 Å². The number of aliphatic hydroxyl groups excluding tert-OH is 4. The molecule has 1 aliphatic heterocycles. The molecule has 12 heteroatoms. The molecule has 0 aromatic heterocycles. The first-order chi connectivity index (χ1) is 11.1. The smallest absolute Gasteiger partial charge is 0.394 e. The molecular formula is C12H23NO10S. The number of hydrogen-bond acceptors (Lipinski definition) is 10. The highest BCUT2D eigenvalue weighted by Gasteiger charge is 2.47. The van der Waals surface area contributed by atoms with Crippen LogP contribution in [0, 0.1) is 0 Å². The first-order valence-corrected chi connectivity index (χ1v) is 8.43. The van der Waals surface area contributed by atoms with Gasteiger partial charge in [0.15, 0.2) is 6.29 Å². The zero-order valence-corrected chi connectivity index (χ0v) is 13.7. The summed E-state index contributed by atoms with van der Waals surface area (Å²) in [7, 11) is -4.98. The number of allylic oxidation sites excluding steroid dienone is 1. The fourth-order valence-corrected chi connectivity index (χ4v) is 2.60. The highest BCUT2D eigenvalue weighted by molar-refractivity contribution is 7.80. The van der Waals surface area contributed by atoms with E-state index in [1.807, 2.05) is 0 Å². The van der Waals surface area contributed by atoms with E-state index in [1.54, 1.807) is 13.0 Å². The van der Waals surface area contributed by atoms with Gasteiger partial charge in [0, 0.05) is 0 Å². The molecule has 7 N–H and O–H groups in total. The summed E-state index contributed by atoms with van der Waals surface area (Å²) in [5.41, 5.74) is 5.67. The average molecular weight is 373 g/mol. The summed E-state index contributed by atoms with van der Waals surface area (Å²) in [5.74, 6) is 0. The number of hydrogen-bond donors (Lipinski definition) is 6. The van der Waals surface area contributed by atoms with Crippen molar-refractivity contribution in [1.29, 1.82) is 0 Å². The van der Waals surface area contributed by atoms with E-state index in [2.05, 4.69) is 4.18 Å². The maximum absolute atomic E-state index is 10.8. The molecule has 1 rings (SSSR count). The predicted octanol–water partition coefficient (Wildman–Crippen LogP) is -3.11. The summed E-state index contributed by atoms with van der Waals surface area (Å²) >= 11 is 0. The summed E-state index contributed by atoms with van der Waals surface area (Å²) < 4.78 is 44.9. The lowest BCUT2D eigenvalue weighted by molar-refractivity contribution is -0.298. The van der Waals surface area contributed by atoms with Gasteiger partial charge in [0.1, 0.15) is 24.4 Å². The topological polar surface area (TPSA) is 189 Å². The Bertz CT molecular complexity index is 512. The molecule has 0 aliphatic carbocycles. The standard InChI is InChI=1S/C12H23NO10S/c1-2-3-7(15)6(13)5-21-12-10(17)11(23-24(18,19)20)9(16)8(4-14)22-12/h2-3,6-12,14-17H,4-5,13H2,1H3,(H,18,19,20)/b3-2+/t6-,7+,8+,9-,10+,11-,12+/m0/s1. The molecule has 11 nitrogen and oxygen atoms in total. The maximum Gasteiger partial charge on any atom is 0.397 e. The van der Waals surface area contributed by atoms with Gasteiger partial charge in [0.05, 0.1) is 25.4 Å². The van der Waals surface area contributed by atoms with Gasteiger partial charge in [0.2, 0.25) is 0 Å². The van der Waals surface area contributed by atoms with Crippen molar-refractivity contribution >= 4 is 10.4 Å². The SMILES string of the molecule is C/C=C/[C@@H](O)[C@@H](N)CO[C@@H]1O[C@H](CO)[C@H](O)[C@H](OS(=O)(=O)O)[C@H]1O. The second-order valence-electron chi connectivity index (χ2n) is 5.21. The lowest BCUT2D eigenvalue weighted by atomic mass is 9.99. The highest BCUT2D eigenvalue weighted by atomic mass is 32.3. The number of nitrogens with two attached hydrogens (primary N) is 1. The van der Waals surface area contributed by atoms with Crippen LogP contribution in [0.15, 0.2) is 12.2 Å². The monoisotopic (exact) mass is 373 g/mol. The molecule has 0 aromatic rings. The summed E-state index contributed by atoms with van der Waals surface area (Å²) in [6, 6.07) is -0.877. The number of aliphatic hydroxyl groups is 4. The van der Waals surface area contributed by atoms with E-state index in [0.29, 0.717) is 0 Å². The van der Waals surface area contributed by atoms with Crippen molar-refractivity contribution < 1.29 is 47.1 Å². The minimum Gasteiger partial charge on any atom is -0.394 e. The van der Waals surface area contributed by atoms with Gasteiger partial charge in [-0.3, -0.25) is 4.55 Å². The Morgan fingerprint density at radius 1 is 1.33 bits per heavy atom. The Morgan fingerprint density at radius 3 is 2.46 bits per heavy atom. The van der Waals surface area contributed by atoms with Gasteiger partial charge in [-0.15, -0.1) is 0 Å². The predicted molar refractivity (Wildman–Crippen MR) is 78.9 cm³/mol. The summed E-state index contributed by atoms with van der Waals surface area (Å²) in [5, 5.41) is 38.7. The van der Waals surface area contributed by atoms with Gasteiger partial charge in [-0.2, -0.15) is 8.42 Å². The molecule has 7 atom stereocenters. The fourth-order valence-electron chi connectivity index (χ4n) is 2.09. The molecule has 0 spiro atoms. The van der Waals surface area contributed by atoms with Gasteiger partial charge >= 0.3 is 10.4 Å². The summed E-state index contributed by atoms with van der Waals surface area (Å²) in [6.07, 6.45) is -6.26. The Kier molecular flexibility index (Phi) is 8.14. The second-order valence-corrected chi connectivity index (χ2v) is 6.26. The number of rotatable bonds is 8. The minimum absolute atomic E-state index is 0.292. The van der Waals surface area contributed by atoms with Crippen molar-refractivity contribution in [3.63, 3.8) is 0 Å². The summed E-state index contributed by atoms with van der Waals surface area (Å²) in [4.78, 5) is 0. The third-order valence-electron chi connectivity index (χ3n) is 3.34. The van der Waals surface area contributed by atoms with E-state index in [9.17, 15) is 23.7 Å². The van der Waals surface area contributed by atoms with Crippen molar-refractivity contribution in [3.05, 3.63) is 12.2 Å². The van der Waals surface area contributed by atoms with E-state index in [0.717, 1.165) is 0 Å². The van der Waals surface area contributed by atoms with Crippen LogP contribution in [-0.4, -0.2) is 89.5 Å². The van der Waals surface area contributed by atoms with E-state index in [1.165, 1.54) is 6.08 Å². The van der Waals surface area contributed by atoms with Crippen LogP contribution in [0.25, 0.3) is 0 Å².